The first-order valence-corrected chi connectivity index (χ1v) is 9.18. The van der Waals surface area contributed by atoms with Gasteiger partial charge in [-0.2, -0.15) is 0 Å². The van der Waals surface area contributed by atoms with Gasteiger partial charge in [-0.3, -0.25) is 4.72 Å². The van der Waals surface area contributed by atoms with Crippen LogP contribution in [0.2, 0.25) is 0 Å². The molecule has 0 unspecified atom stereocenters. The first-order chi connectivity index (χ1) is 12.0. The third kappa shape index (κ3) is 3.10. The molecule has 128 valence electrons. The third-order valence-electron chi connectivity index (χ3n) is 3.91. The van der Waals surface area contributed by atoms with Crippen molar-refractivity contribution in [2.75, 3.05) is 4.72 Å². The Hall–Kier alpha value is -2.81. The Morgan fingerprint density at radius 2 is 1.80 bits per heavy atom. The molecule has 1 saturated carbocycles. The Morgan fingerprint density at radius 3 is 2.48 bits per heavy atom. The number of aromatic nitrogens is 4. The minimum absolute atomic E-state index is 0.331. The molecule has 1 heterocycles. The summed E-state index contributed by atoms with van der Waals surface area (Å²) in [5, 5.41) is 11.7. The summed E-state index contributed by atoms with van der Waals surface area (Å²) < 4.78 is 42.5. The average molecular weight is 359 g/mol. The van der Waals surface area contributed by atoms with E-state index >= 15 is 0 Å². The van der Waals surface area contributed by atoms with Crippen molar-refractivity contribution in [3.05, 3.63) is 54.3 Å². The van der Waals surface area contributed by atoms with E-state index in [4.69, 9.17) is 0 Å². The topological polar surface area (TPSA) is 89.8 Å². The van der Waals surface area contributed by atoms with Gasteiger partial charge in [-0.25, -0.2) is 17.5 Å². The number of nitrogens with one attached hydrogen (secondary N) is 1. The van der Waals surface area contributed by atoms with E-state index < -0.39 is 20.7 Å². The number of anilines is 1. The predicted octanol–water partition coefficient (Wildman–Crippen LogP) is 2.61. The highest BCUT2D eigenvalue weighted by atomic mass is 32.2. The van der Waals surface area contributed by atoms with E-state index in [9.17, 15) is 12.8 Å². The zero-order valence-corrected chi connectivity index (χ0v) is 13.8. The lowest BCUT2D eigenvalue weighted by Crippen LogP contribution is -2.14. The SMILES string of the molecule is O=S(=O)(Nc1ccc(-c2nnnn2C2CC2)cc1)c1ccccc1F. The van der Waals surface area contributed by atoms with Crippen LogP contribution in [0, 0.1) is 5.82 Å². The highest BCUT2D eigenvalue weighted by Gasteiger charge is 2.28. The highest BCUT2D eigenvalue weighted by molar-refractivity contribution is 7.92. The molecule has 1 aromatic heterocycles. The van der Waals surface area contributed by atoms with Gasteiger partial charge in [0.15, 0.2) is 5.82 Å². The van der Waals surface area contributed by atoms with Crippen LogP contribution in [0.15, 0.2) is 53.4 Å². The van der Waals surface area contributed by atoms with Crippen LogP contribution in [0.4, 0.5) is 10.1 Å². The molecule has 0 atom stereocenters. The molecule has 25 heavy (non-hydrogen) atoms. The maximum Gasteiger partial charge on any atom is 0.264 e. The molecule has 1 N–H and O–H groups in total. The standard InChI is InChI=1S/C16H14FN5O2S/c17-14-3-1-2-4-15(14)25(23,24)19-12-7-5-11(6-8-12)16-18-20-21-22(16)13-9-10-13/h1-8,13,19H,9-10H2. The molecule has 0 spiro atoms. The van der Waals surface area contributed by atoms with Gasteiger partial charge in [0.1, 0.15) is 10.7 Å². The number of halogens is 1. The van der Waals surface area contributed by atoms with E-state index in [1.165, 1.54) is 18.2 Å². The van der Waals surface area contributed by atoms with Crippen LogP contribution in [0.25, 0.3) is 11.4 Å². The summed E-state index contributed by atoms with van der Waals surface area (Å²) in [4.78, 5) is -0.392. The lowest BCUT2D eigenvalue weighted by Gasteiger charge is -2.09. The fourth-order valence-electron chi connectivity index (χ4n) is 2.51. The van der Waals surface area contributed by atoms with Crippen LogP contribution >= 0.6 is 0 Å². The van der Waals surface area contributed by atoms with Gasteiger partial charge in [-0.05, 0) is 59.7 Å². The summed E-state index contributed by atoms with van der Waals surface area (Å²) in [7, 11) is -3.99. The van der Waals surface area contributed by atoms with Gasteiger partial charge in [0.2, 0.25) is 0 Å². The van der Waals surface area contributed by atoms with Crippen molar-refractivity contribution in [3.63, 3.8) is 0 Å². The van der Waals surface area contributed by atoms with Crippen molar-refractivity contribution in [2.24, 2.45) is 0 Å². The maximum atomic E-state index is 13.7. The molecule has 4 rings (SSSR count). The first kappa shape index (κ1) is 15.7. The van der Waals surface area contributed by atoms with Crippen LogP contribution in [-0.2, 0) is 10.0 Å². The Kier molecular flexibility index (Phi) is 3.72. The average Bonchev–Trinajstić information content (AvgIpc) is 3.32. The van der Waals surface area contributed by atoms with E-state index in [0.717, 1.165) is 24.5 Å². The second-order valence-corrected chi connectivity index (χ2v) is 7.44. The Bertz CT molecular complexity index is 1010. The minimum Gasteiger partial charge on any atom is -0.280 e. The summed E-state index contributed by atoms with van der Waals surface area (Å²) in [6, 6.07) is 12.2. The number of benzene rings is 2. The van der Waals surface area contributed by atoms with Crippen molar-refractivity contribution >= 4 is 15.7 Å². The van der Waals surface area contributed by atoms with E-state index in [-0.39, 0.29) is 0 Å². The number of hydrogen-bond acceptors (Lipinski definition) is 5. The highest BCUT2D eigenvalue weighted by Crippen LogP contribution is 2.36. The van der Waals surface area contributed by atoms with Crippen molar-refractivity contribution < 1.29 is 12.8 Å². The van der Waals surface area contributed by atoms with Crippen LogP contribution in [0.1, 0.15) is 18.9 Å². The lowest BCUT2D eigenvalue weighted by atomic mass is 10.2. The van der Waals surface area contributed by atoms with Gasteiger partial charge in [0.05, 0.1) is 6.04 Å². The summed E-state index contributed by atoms with van der Waals surface area (Å²) in [6.07, 6.45) is 2.11. The lowest BCUT2D eigenvalue weighted by molar-refractivity contribution is 0.570. The van der Waals surface area contributed by atoms with Crippen LogP contribution in [0.3, 0.4) is 0 Å². The van der Waals surface area contributed by atoms with Crippen LogP contribution in [-0.4, -0.2) is 28.6 Å². The fourth-order valence-corrected chi connectivity index (χ4v) is 3.65. The summed E-state index contributed by atoms with van der Waals surface area (Å²) in [5.41, 5.74) is 1.11. The van der Waals surface area contributed by atoms with E-state index in [2.05, 4.69) is 20.2 Å². The molecular weight excluding hydrogens is 345 g/mol. The molecule has 0 saturated heterocycles. The van der Waals surface area contributed by atoms with Crippen LogP contribution < -0.4 is 4.72 Å². The van der Waals surface area contributed by atoms with Crippen LogP contribution in [0.5, 0.6) is 0 Å². The number of tetrazole rings is 1. The Morgan fingerprint density at radius 1 is 1.08 bits per heavy atom. The smallest absolute Gasteiger partial charge is 0.264 e. The van der Waals surface area contributed by atoms with Gasteiger partial charge < -0.3 is 0 Å². The molecule has 2 aromatic carbocycles. The van der Waals surface area contributed by atoms with Crippen molar-refractivity contribution in [1.29, 1.82) is 0 Å². The molecule has 3 aromatic rings. The van der Waals surface area contributed by atoms with E-state index in [0.29, 0.717) is 17.6 Å². The normalized spacial score (nSPS) is 14.4. The van der Waals surface area contributed by atoms with Crippen molar-refractivity contribution in [2.45, 2.75) is 23.8 Å². The molecule has 1 fully saturated rings. The maximum absolute atomic E-state index is 13.7. The predicted molar refractivity (Wildman–Crippen MR) is 88.7 cm³/mol. The van der Waals surface area contributed by atoms with Gasteiger partial charge >= 0.3 is 0 Å². The zero-order valence-electron chi connectivity index (χ0n) is 13.0. The van der Waals surface area contributed by atoms with E-state index in [1.807, 2.05) is 0 Å². The molecule has 0 amide bonds. The monoisotopic (exact) mass is 359 g/mol. The zero-order chi connectivity index (χ0) is 17.4. The van der Waals surface area contributed by atoms with Crippen molar-refractivity contribution in [3.8, 4) is 11.4 Å². The summed E-state index contributed by atoms with van der Waals surface area (Å²) in [5.74, 6) is -0.152. The minimum atomic E-state index is -3.99. The van der Waals surface area contributed by atoms with Gasteiger partial charge in [-0.1, -0.05) is 12.1 Å². The van der Waals surface area contributed by atoms with Gasteiger partial charge in [-0.15, -0.1) is 5.10 Å². The molecule has 1 aliphatic carbocycles. The molecule has 0 radical (unpaired) electrons. The molecular formula is C16H14FN5O2S. The number of nitrogens with zero attached hydrogens (tertiary/aromatic N) is 4. The second-order valence-electron chi connectivity index (χ2n) is 5.79. The first-order valence-electron chi connectivity index (χ1n) is 7.70. The Labute approximate surface area is 143 Å². The largest absolute Gasteiger partial charge is 0.280 e. The number of hydrogen-bond donors (Lipinski definition) is 1. The third-order valence-corrected chi connectivity index (χ3v) is 5.32. The van der Waals surface area contributed by atoms with Crippen molar-refractivity contribution in [1.82, 2.24) is 20.2 Å². The van der Waals surface area contributed by atoms with Gasteiger partial charge in [0.25, 0.3) is 10.0 Å². The summed E-state index contributed by atoms with van der Waals surface area (Å²) in [6.45, 7) is 0. The number of rotatable bonds is 5. The Balaban J connectivity index is 1.58. The molecule has 7 nitrogen and oxygen atoms in total. The molecule has 0 aliphatic heterocycles. The second kappa shape index (κ2) is 5.92. The van der Waals surface area contributed by atoms with Gasteiger partial charge in [0, 0.05) is 11.3 Å². The molecule has 1 aliphatic rings. The quantitative estimate of drug-likeness (QED) is 0.756. The molecule has 9 heteroatoms. The molecule has 0 bridgehead atoms. The fraction of sp³-hybridized carbons (Fsp3) is 0.188. The summed E-state index contributed by atoms with van der Waals surface area (Å²) >= 11 is 0. The van der Waals surface area contributed by atoms with E-state index in [1.54, 1.807) is 28.9 Å². The number of sulfonamides is 1.